The van der Waals surface area contributed by atoms with Crippen molar-refractivity contribution in [2.24, 2.45) is 0 Å². The molecule has 0 atom stereocenters. The monoisotopic (exact) mass is 356 g/mol. The number of hydrogen-bond donors (Lipinski definition) is 2. The van der Waals surface area contributed by atoms with E-state index < -0.39 is 0 Å². The summed E-state index contributed by atoms with van der Waals surface area (Å²) in [6, 6.07) is 4.98. The van der Waals surface area contributed by atoms with E-state index in [-0.39, 0.29) is 5.82 Å². The van der Waals surface area contributed by atoms with E-state index in [0.29, 0.717) is 15.4 Å². The van der Waals surface area contributed by atoms with Crippen molar-refractivity contribution >= 4 is 45.0 Å². The first-order valence-electron chi connectivity index (χ1n) is 5.87. The third-order valence-electron chi connectivity index (χ3n) is 2.67. The average Bonchev–Trinajstić information content (AvgIpc) is 2.44. The molecule has 0 fully saturated rings. The van der Waals surface area contributed by atoms with Crippen molar-refractivity contribution in [3.63, 3.8) is 0 Å². The maximum atomic E-state index is 13.4. The second-order valence-electron chi connectivity index (χ2n) is 4.08. The molecule has 0 amide bonds. The number of aryl methyl sites for hydroxylation is 1. The average molecular weight is 357 g/mol. The van der Waals surface area contributed by atoms with Crippen molar-refractivity contribution in [3.05, 3.63) is 34.1 Å². The van der Waals surface area contributed by atoms with Crippen LogP contribution in [0.15, 0.2) is 27.8 Å². The van der Waals surface area contributed by atoms with Gasteiger partial charge in [-0.2, -0.15) is 0 Å². The Labute approximate surface area is 129 Å². The van der Waals surface area contributed by atoms with Gasteiger partial charge in [0.1, 0.15) is 17.5 Å². The summed E-state index contributed by atoms with van der Waals surface area (Å²) < 4.78 is 13.8. The molecule has 4 nitrogen and oxygen atoms in total. The van der Waals surface area contributed by atoms with Crippen molar-refractivity contribution in [2.45, 2.75) is 12.1 Å². The van der Waals surface area contributed by atoms with Crippen molar-refractivity contribution < 1.29 is 4.39 Å². The van der Waals surface area contributed by atoms with Crippen LogP contribution in [0.1, 0.15) is 5.56 Å². The summed E-state index contributed by atoms with van der Waals surface area (Å²) in [5.41, 5.74) is 1.60. The van der Waals surface area contributed by atoms with Crippen LogP contribution < -0.4 is 10.6 Å². The Bertz CT molecular complexity index is 614. The molecule has 1 heterocycles. The van der Waals surface area contributed by atoms with Gasteiger partial charge in [0.2, 0.25) is 0 Å². The van der Waals surface area contributed by atoms with Crippen LogP contribution in [0.25, 0.3) is 0 Å². The molecule has 20 heavy (non-hydrogen) atoms. The Balaban J connectivity index is 2.36. The lowest BCUT2D eigenvalue weighted by Gasteiger charge is -2.12. The van der Waals surface area contributed by atoms with Gasteiger partial charge in [-0.05, 0) is 46.8 Å². The van der Waals surface area contributed by atoms with E-state index in [2.05, 4.69) is 36.5 Å². The van der Waals surface area contributed by atoms with Gasteiger partial charge >= 0.3 is 0 Å². The minimum Gasteiger partial charge on any atom is -0.373 e. The zero-order chi connectivity index (χ0) is 14.7. The molecule has 2 aromatic rings. The number of halogens is 2. The number of anilines is 3. The van der Waals surface area contributed by atoms with E-state index in [1.807, 2.05) is 13.2 Å². The fourth-order valence-corrected chi connectivity index (χ4v) is 2.35. The van der Waals surface area contributed by atoms with Gasteiger partial charge in [-0.15, -0.1) is 0 Å². The Morgan fingerprint density at radius 1 is 1.20 bits per heavy atom. The highest BCUT2D eigenvalue weighted by Crippen LogP contribution is 2.27. The van der Waals surface area contributed by atoms with Crippen LogP contribution in [0.3, 0.4) is 0 Å². The van der Waals surface area contributed by atoms with Gasteiger partial charge in [-0.25, -0.2) is 14.4 Å². The molecule has 0 spiro atoms. The predicted octanol–water partition coefficient (Wildman–Crippen LogP) is 4.19. The van der Waals surface area contributed by atoms with E-state index in [1.165, 1.54) is 17.8 Å². The van der Waals surface area contributed by atoms with E-state index in [9.17, 15) is 4.39 Å². The maximum Gasteiger partial charge on any atom is 0.191 e. The molecule has 0 radical (unpaired) electrons. The molecule has 1 aromatic heterocycles. The Hall–Kier alpha value is -1.34. The molecule has 7 heteroatoms. The van der Waals surface area contributed by atoms with Crippen LogP contribution in [0.5, 0.6) is 0 Å². The van der Waals surface area contributed by atoms with E-state index in [4.69, 9.17) is 0 Å². The third-order valence-corrected chi connectivity index (χ3v) is 3.83. The number of thioether (sulfide) groups is 1. The predicted molar refractivity (Wildman–Crippen MR) is 85.5 cm³/mol. The molecule has 0 aliphatic heterocycles. The topological polar surface area (TPSA) is 49.8 Å². The number of hydrogen-bond acceptors (Lipinski definition) is 5. The summed E-state index contributed by atoms with van der Waals surface area (Å²) in [6.07, 6.45) is 1.91. The highest BCUT2D eigenvalue weighted by Gasteiger charge is 2.08. The van der Waals surface area contributed by atoms with E-state index in [0.717, 1.165) is 17.1 Å². The molecule has 2 N–H and O–H groups in total. The van der Waals surface area contributed by atoms with Crippen LogP contribution in [0.4, 0.5) is 21.7 Å². The van der Waals surface area contributed by atoms with Crippen LogP contribution in [-0.2, 0) is 0 Å². The van der Waals surface area contributed by atoms with Crippen molar-refractivity contribution in [2.75, 3.05) is 23.9 Å². The Morgan fingerprint density at radius 3 is 2.55 bits per heavy atom. The van der Waals surface area contributed by atoms with Gasteiger partial charge < -0.3 is 10.6 Å². The highest BCUT2D eigenvalue weighted by molar-refractivity contribution is 9.10. The van der Waals surface area contributed by atoms with Crippen LogP contribution in [0.2, 0.25) is 0 Å². The molecule has 0 bridgehead atoms. The number of nitrogens with one attached hydrogen (secondary N) is 2. The van der Waals surface area contributed by atoms with E-state index >= 15 is 0 Å². The third kappa shape index (κ3) is 3.40. The number of aromatic nitrogens is 2. The molecule has 0 aliphatic carbocycles. The summed E-state index contributed by atoms with van der Waals surface area (Å²) in [7, 11) is 1.80. The van der Waals surface area contributed by atoms with Gasteiger partial charge in [0.05, 0.1) is 4.47 Å². The number of rotatable bonds is 4. The first kappa shape index (κ1) is 15.1. The zero-order valence-corrected chi connectivity index (χ0v) is 13.7. The molecule has 106 valence electrons. The summed E-state index contributed by atoms with van der Waals surface area (Å²) in [5, 5.41) is 6.84. The van der Waals surface area contributed by atoms with Gasteiger partial charge in [0, 0.05) is 18.8 Å². The standard InChI is InChI=1S/C13H14BrFN4S/c1-7-4-9(15)8(14)5-10(7)17-12-6-11(16-2)18-13(19-12)20-3/h4-6H,1-3H3,(H2,16,17,18,19). The quantitative estimate of drug-likeness (QED) is 0.635. The summed E-state index contributed by atoms with van der Waals surface area (Å²) in [4.78, 5) is 8.68. The van der Waals surface area contributed by atoms with Gasteiger partial charge in [0.25, 0.3) is 0 Å². The Kier molecular flexibility index (Phi) is 4.82. The van der Waals surface area contributed by atoms with Crippen LogP contribution in [-0.4, -0.2) is 23.3 Å². The second-order valence-corrected chi connectivity index (χ2v) is 5.71. The SMILES string of the molecule is CNc1cc(Nc2cc(Br)c(F)cc2C)nc(SC)n1. The molecule has 1 aromatic carbocycles. The summed E-state index contributed by atoms with van der Waals surface area (Å²) in [6.45, 7) is 1.84. The first-order chi connectivity index (χ1) is 9.53. The summed E-state index contributed by atoms with van der Waals surface area (Å²) in [5.74, 6) is 1.11. The first-order valence-corrected chi connectivity index (χ1v) is 7.88. The second kappa shape index (κ2) is 6.41. The summed E-state index contributed by atoms with van der Waals surface area (Å²) >= 11 is 4.65. The highest BCUT2D eigenvalue weighted by atomic mass is 79.9. The maximum absolute atomic E-state index is 13.4. The minimum absolute atomic E-state index is 0.281. The minimum atomic E-state index is -0.281. The van der Waals surface area contributed by atoms with Crippen LogP contribution >= 0.6 is 27.7 Å². The number of nitrogens with zero attached hydrogens (tertiary/aromatic N) is 2. The lowest BCUT2D eigenvalue weighted by molar-refractivity contribution is 0.620. The Morgan fingerprint density at radius 2 is 1.90 bits per heavy atom. The molecular weight excluding hydrogens is 343 g/mol. The molecule has 0 unspecified atom stereocenters. The largest absolute Gasteiger partial charge is 0.373 e. The lowest BCUT2D eigenvalue weighted by Crippen LogP contribution is -2.02. The number of benzene rings is 1. The van der Waals surface area contributed by atoms with Crippen LogP contribution in [0, 0.1) is 12.7 Å². The molecular formula is C13H14BrFN4S. The van der Waals surface area contributed by atoms with Gasteiger partial charge in [0.15, 0.2) is 5.16 Å². The molecule has 0 saturated heterocycles. The molecule has 2 rings (SSSR count). The van der Waals surface area contributed by atoms with Crippen molar-refractivity contribution in [1.82, 2.24) is 9.97 Å². The zero-order valence-electron chi connectivity index (χ0n) is 11.3. The van der Waals surface area contributed by atoms with Gasteiger partial charge in [-0.1, -0.05) is 11.8 Å². The van der Waals surface area contributed by atoms with Gasteiger partial charge in [-0.3, -0.25) is 0 Å². The van der Waals surface area contributed by atoms with E-state index in [1.54, 1.807) is 19.2 Å². The fourth-order valence-electron chi connectivity index (χ4n) is 1.63. The lowest BCUT2D eigenvalue weighted by atomic mass is 10.2. The fraction of sp³-hybridized carbons (Fsp3) is 0.231. The molecule has 0 aliphatic rings. The molecule has 0 saturated carbocycles. The van der Waals surface area contributed by atoms with Crippen molar-refractivity contribution in [1.29, 1.82) is 0 Å². The smallest absolute Gasteiger partial charge is 0.191 e. The normalized spacial score (nSPS) is 10.4. The van der Waals surface area contributed by atoms with Crippen molar-refractivity contribution in [3.8, 4) is 0 Å².